The van der Waals surface area contributed by atoms with Crippen LogP contribution in [-0.4, -0.2) is 50.0 Å². The molecule has 0 saturated heterocycles. The molecule has 0 aromatic rings. The lowest BCUT2D eigenvalue weighted by molar-refractivity contribution is -0.120. The zero-order valence-corrected chi connectivity index (χ0v) is 8.59. The topological polar surface area (TPSA) is 127 Å². The molecular formula is C6H15O7P. The van der Waals surface area contributed by atoms with E-state index in [1.54, 1.807) is 0 Å². The molecule has 0 aromatic heterocycles. The van der Waals surface area contributed by atoms with Crippen LogP contribution in [0.1, 0.15) is 13.3 Å². The van der Waals surface area contributed by atoms with E-state index < -0.39 is 32.7 Å². The Morgan fingerprint density at radius 1 is 1.50 bits per heavy atom. The van der Waals surface area contributed by atoms with Gasteiger partial charge in [0.25, 0.3) is 0 Å². The fourth-order valence-electron chi connectivity index (χ4n) is 0.776. The lowest BCUT2D eigenvalue weighted by atomic mass is 9.95. The summed E-state index contributed by atoms with van der Waals surface area (Å²) in [6.07, 6.45) is -1.51. The van der Waals surface area contributed by atoms with Crippen molar-refractivity contribution in [2.24, 2.45) is 0 Å². The minimum absolute atomic E-state index is 0.0369. The van der Waals surface area contributed by atoms with Crippen molar-refractivity contribution < 1.29 is 34.2 Å². The molecule has 0 aliphatic rings. The van der Waals surface area contributed by atoms with Crippen molar-refractivity contribution in [3.8, 4) is 0 Å². The van der Waals surface area contributed by atoms with E-state index in [-0.39, 0.29) is 6.42 Å². The second-order valence-corrected chi connectivity index (χ2v) is 4.16. The third kappa shape index (κ3) is 4.47. The van der Waals surface area contributed by atoms with E-state index in [2.05, 4.69) is 4.52 Å². The van der Waals surface area contributed by atoms with Crippen LogP contribution in [0.3, 0.4) is 0 Å². The van der Waals surface area contributed by atoms with E-state index in [9.17, 15) is 14.8 Å². The van der Waals surface area contributed by atoms with Gasteiger partial charge in [-0.3, -0.25) is 4.52 Å². The maximum Gasteiger partial charge on any atom is 0.469 e. The molecule has 86 valence electrons. The molecule has 0 spiro atoms. The number of aliphatic hydroxyl groups excluding tert-OH is 2. The molecule has 14 heavy (non-hydrogen) atoms. The van der Waals surface area contributed by atoms with Gasteiger partial charge in [-0.1, -0.05) is 6.92 Å². The van der Waals surface area contributed by atoms with Gasteiger partial charge in [-0.2, -0.15) is 0 Å². The summed E-state index contributed by atoms with van der Waals surface area (Å²) in [5.41, 5.74) is -1.80. The number of aliphatic hydroxyl groups is 3. The highest BCUT2D eigenvalue weighted by atomic mass is 31.2. The molecule has 0 heterocycles. The van der Waals surface area contributed by atoms with E-state index in [1.807, 2.05) is 0 Å². The molecule has 0 amide bonds. The Kier molecular flexibility index (Phi) is 5.17. The first-order valence-electron chi connectivity index (χ1n) is 3.96. The van der Waals surface area contributed by atoms with Gasteiger partial charge in [0, 0.05) is 0 Å². The molecule has 0 rings (SSSR count). The number of phosphoric ester groups is 1. The number of rotatable bonds is 6. The minimum Gasteiger partial charge on any atom is -0.393 e. The largest absolute Gasteiger partial charge is 0.469 e. The average molecular weight is 230 g/mol. The lowest BCUT2D eigenvalue weighted by Crippen LogP contribution is -2.47. The Bertz CT molecular complexity index is 208. The predicted molar refractivity (Wildman–Crippen MR) is 46.3 cm³/mol. The lowest BCUT2D eigenvalue weighted by Gasteiger charge is -2.29. The Labute approximate surface area is 81.2 Å². The van der Waals surface area contributed by atoms with Crippen LogP contribution in [0.5, 0.6) is 0 Å². The van der Waals surface area contributed by atoms with Crippen LogP contribution in [-0.2, 0) is 9.09 Å². The highest BCUT2D eigenvalue weighted by molar-refractivity contribution is 7.46. The second kappa shape index (κ2) is 5.18. The first kappa shape index (κ1) is 14.0. The standard InChI is InChI=1S/C6H15O7P/c1-2-6(9,4-7)5(8)3-13-14(10,11)12/h5,7-9H,2-4H2,1H3,(H2,10,11,12)/t5-,6+/m1/s1. The number of phosphoric acid groups is 1. The average Bonchev–Trinajstić information content (AvgIpc) is 2.11. The van der Waals surface area contributed by atoms with Gasteiger partial charge in [-0.15, -0.1) is 0 Å². The molecule has 8 heteroatoms. The Morgan fingerprint density at radius 3 is 2.29 bits per heavy atom. The minimum atomic E-state index is -4.66. The van der Waals surface area contributed by atoms with Crippen LogP contribution in [0.4, 0.5) is 0 Å². The highest BCUT2D eigenvalue weighted by Gasteiger charge is 2.34. The molecule has 0 radical (unpaired) electrons. The van der Waals surface area contributed by atoms with Gasteiger partial charge in [0.05, 0.1) is 13.2 Å². The molecule has 2 atom stereocenters. The maximum atomic E-state index is 10.3. The second-order valence-electron chi connectivity index (χ2n) is 2.92. The molecule has 0 bridgehead atoms. The first-order valence-corrected chi connectivity index (χ1v) is 5.49. The van der Waals surface area contributed by atoms with Crippen LogP contribution >= 0.6 is 7.82 Å². The Hall–Kier alpha value is -0.0100. The van der Waals surface area contributed by atoms with Crippen LogP contribution in [0, 0.1) is 0 Å². The van der Waals surface area contributed by atoms with E-state index in [0.717, 1.165) is 0 Å². The fraction of sp³-hybridized carbons (Fsp3) is 1.00. The normalized spacial score (nSPS) is 19.0. The third-order valence-electron chi connectivity index (χ3n) is 1.91. The van der Waals surface area contributed by atoms with Crippen molar-refractivity contribution in [1.29, 1.82) is 0 Å². The summed E-state index contributed by atoms with van der Waals surface area (Å²) in [5, 5.41) is 27.4. The van der Waals surface area contributed by atoms with Crippen molar-refractivity contribution in [2.75, 3.05) is 13.2 Å². The monoisotopic (exact) mass is 230 g/mol. The molecule has 0 fully saturated rings. The SMILES string of the molecule is CC[C@](O)(CO)[C@H](O)COP(=O)(O)O. The first-order chi connectivity index (χ1) is 6.25. The smallest absolute Gasteiger partial charge is 0.393 e. The summed E-state index contributed by atoms with van der Waals surface area (Å²) in [4.78, 5) is 16.6. The zero-order valence-electron chi connectivity index (χ0n) is 7.70. The predicted octanol–water partition coefficient (Wildman–Crippen LogP) is -1.41. The summed E-state index contributed by atoms with van der Waals surface area (Å²) in [5.74, 6) is 0. The van der Waals surface area contributed by atoms with Gasteiger partial charge >= 0.3 is 7.82 Å². The van der Waals surface area contributed by atoms with E-state index in [1.165, 1.54) is 6.92 Å². The van der Waals surface area contributed by atoms with E-state index in [4.69, 9.17) is 14.9 Å². The third-order valence-corrected chi connectivity index (χ3v) is 2.39. The summed E-state index contributed by atoms with van der Waals surface area (Å²) in [6, 6.07) is 0. The van der Waals surface area contributed by atoms with Gasteiger partial charge in [-0.05, 0) is 6.42 Å². The van der Waals surface area contributed by atoms with Crippen LogP contribution < -0.4 is 0 Å². The molecule has 0 aliphatic heterocycles. The van der Waals surface area contributed by atoms with E-state index >= 15 is 0 Å². The summed E-state index contributed by atoms with van der Waals surface area (Å²) in [7, 11) is -4.66. The zero-order chi connectivity index (χ0) is 11.4. The van der Waals surface area contributed by atoms with Gasteiger partial charge in [0.1, 0.15) is 11.7 Å². The van der Waals surface area contributed by atoms with Crippen LogP contribution in [0.2, 0.25) is 0 Å². The van der Waals surface area contributed by atoms with Crippen molar-refractivity contribution in [2.45, 2.75) is 25.0 Å². The Balaban J connectivity index is 4.19. The van der Waals surface area contributed by atoms with Gasteiger partial charge in [0.2, 0.25) is 0 Å². The van der Waals surface area contributed by atoms with Gasteiger partial charge < -0.3 is 25.1 Å². The van der Waals surface area contributed by atoms with Crippen molar-refractivity contribution in [3.05, 3.63) is 0 Å². The van der Waals surface area contributed by atoms with Crippen molar-refractivity contribution >= 4 is 7.82 Å². The van der Waals surface area contributed by atoms with E-state index in [0.29, 0.717) is 0 Å². The number of hydrogen-bond acceptors (Lipinski definition) is 5. The molecule has 5 N–H and O–H groups in total. The van der Waals surface area contributed by atoms with Crippen LogP contribution in [0.15, 0.2) is 0 Å². The molecule has 0 saturated carbocycles. The fourth-order valence-corrected chi connectivity index (χ4v) is 1.11. The molecule has 7 nitrogen and oxygen atoms in total. The summed E-state index contributed by atoms with van der Waals surface area (Å²) in [6.45, 7) is 0.0568. The molecule has 0 unspecified atom stereocenters. The molecule has 0 aliphatic carbocycles. The van der Waals surface area contributed by atoms with Gasteiger partial charge in [-0.25, -0.2) is 4.57 Å². The summed E-state index contributed by atoms with van der Waals surface area (Å²) < 4.78 is 14.2. The molecule has 0 aromatic carbocycles. The number of hydrogen-bond donors (Lipinski definition) is 5. The quantitative estimate of drug-likeness (QED) is 0.354. The van der Waals surface area contributed by atoms with Crippen molar-refractivity contribution in [1.82, 2.24) is 0 Å². The molecular weight excluding hydrogens is 215 g/mol. The van der Waals surface area contributed by atoms with Gasteiger partial charge in [0.15, 0.2) is 0 Å². The van der Waals surface area contributed by atoms with Crippen molar-refractivity contribution in [3.63, 3.8) is 0 Å². The highest BCUT2D eigenvalue weighted by Crippen LogP contribution is 2.36. The van der Waals surface area contributed by atoms with Crippen LogP contribution in [0.25, 0.3) is 0 Å². The summed E-state index contributed by atoms with van der Waals surface area (Å²) >= 11 is 0. The Morgan fingerprint density at radius 2 is 2.00 bits per heavy atom. The maximum absolute atomic E-state index is 10.3.